The number of fused-ring (bicyclic) bond motifs is 1. The number of hydrogen-bond acceptors (Lipinski definition) is 4. The Labute approximate surface area is 197 Å². The minimum Gasteiger partial charge on any atom is -0.487 e. The molecule has 0 saturated carbocycles. The molecule has 0 unspecified atom stereocenters. The van der Waals surface area contributed by atoms with Crippen molar-refractivity contribution in [2.24, 2.45) is 0 Å². The molecule has 5 rings (SSSR count). The van der Waals surface area contributed by atoms with Gasteiger partial charge in [0.15, 0.2) is 0 Å². The molecule has 0 aliphatic carbocycles. The molecule has 0 fully saturated rings. The number of pyridine rings is 1. The van der Waals surface area contributed by atoms with Gasteiger partial charge < -0.3 is 14.5 Å². The fourth-order valence-electron chi connectivity index (χ4n) is 3.82. The van der Waals surface area contributed by atoms with Crippen LogP contribution in [-0.2, 0) is 19.7 Å². The lowest BCUT2D eigenvalue weighted by Crippen LogP contribution is -2.23. The molecule has 0 aliphatic rings. The predicted octanol–water partition coefficient (Wildman–Crippen LogP) is 4.40. The summed E-state index contributed by atoms with van der Waals surface area (Å²) < 4.78 is 9.73. The van der Waals surface area contributed by atoms with Crippen LogP contribution in [-0.4, -0.2) is 25.1 Å². The lowest BCUT2D eigenvalue weighted by Gasteiger charge is -2.11. The molecule has 3 heterocycles. The Hall–Kier alpha value is -4.39. The summed E-state index contributed by atoms with van der Waals surface area (Å²) in [5, 5.41) is 7.27. The van der Waals surface area contributed by atoms with E-state index in [-0.39, 0.29) is 5.91 Å². The number of nitrogens with zero attached hydrogens (tertiary/aromatic N) is 4. The van der Waals surface area contributed by atoms with Gasteiger partial charge in [0.2, 0.25) is 0 Å². The number of hydrogen-bond donors (Lipinski definition) is 1. The molecule has 0 atom stereocenters. The van der Waals surface area contributed by atoms with Gasteiger partial charge in [-0.25, -0.2) is 4.98 Å². The maximum Gasteiger partial charge on any atom is 0.251 e. The van der Waals surface area contributed by atoms with Crippen molar-refractivity contribution in [1.82, 2.24) is 24.5 Å². The van der Waals surface area contributed by atoms with Crippen LogP contribution >= 0.6 is 0 Å². The van der Waals surface area contributed by atoms with E-state index in [2.05, 4.69) is 21.5 Å². The first kappa shape index (κ1) is 21.5. The van der Waals surface area contributed by atoms with Crippen LogP contribution in [0.1, 0.15) is 32.7 Å². The molecule has 5 aromatic rings. The number of amides is 1. The van der Waals surface area contributed by atoms with Crippen molar-refractivity contribution in [3.63, 3.8) is 0 Å². The Morgan fingerprint density at radius 3 is 2.59 bits per heavy atom. The van der Waals surface area contributed by atoms with Gasteiger partial charge in [0.1, 0.15) is 18.0 Å². The lowest BCUT2D eigenvalue weighted by atomic mass is 10.1. The highest BCUT2D eigenvalue weighted by Gasteiger charge is 2.09. The Morgan fingerprint density at radius 2 is 1.79 bits per heavy atom. The van der Waals surface area contributed by atoms with Gasteiger partial charge in [-0.2, -0.15) is 5.10 Å². The SMILES string of the molecule is Cc1ccc2nc(COc3ccc(C(=O)NCc4ccccc4Cn4cccn4)cc3)cn2c1. The summed E-state index contributed by atoms with van der Waals surface area (Å²) in [6.45, 7) is 3.52. The molecule has 7 nitrogen and oxygen atoms in total. The average Bonchev–Trinajstić information content (AvgIpc) is 3.51. The highest BCUT2D eigenvalue weighted by Crippen LogP contribution is 2.16. The van der Waals surface area contributed by atoms with E-state index in [1.54, 1.807) is 30.5 Å². The Bertz CT molecular complexity index is 1410. The zero-order valence-electron chi connectivity index (χ0n) is 18.9. The van der Waals surface area contributed by atoms with Crippen LogP contribution < -0.4 is 10.1 Å². The molecule has 2 aromatic carbocycles. The number of aromatic nitrogens is 4. The van der Waals surface area contributed by atoms with Crippen LogP contribution in [0.4, 0.5) is 0 Å². The second-order valence-corrected chi connectivity index (χ2v) is 8.17. The van der Waals surface area contributed by atoms with Crippen molar-refractivity contribution < 1.29 is 9.53 Å². The van der Waals surface area contributed by atoms with Crippen molar-refractivity contribution in [3.05, 3.63) is 119 Å². The highest BCUT2D eigenvalue weighted by atomic mass is 16.5. The first-order valence-corrected chi connectivity index (χ1v) is 11.1. The van der Waals surface area contributed by atoms with Gasteiger partial charge in [-0.05, 0) is 60.0 Å². The molecule has 1 amide bonds. The summed E-state index contributed by atoms with van der Waals surface area (Å²) in [4.78, 5) is 17.2. The zero-order valence-corrected chi connectivity index (χ0v) is 18.9. The van der Waals surface area contributed by atoms with Gasteiger partial charge in [-0.3, -0.25) is 9.48 Å². The van der Waals surface area contributed by atoms with Crippen molar-refractivity contribution in [2.45, 2.75) is 26.6 Å². The third-order valence-electron chi connectivity index (χ3n) is 5.60. The van der Waals surface area contributed by atoms with E-state index in [1.165, 1.54) is 5.56 Å². The summed E-state index contributed by atoms with van der Waals surface area (Å²) in [5.41, 5.74) is 5.68. The Balaban J connectivity index is 1.17. The molecule has 0 bridgehead atoms. The Morgan fingerprint density at radius 1 is 0.971 bits per heavy atom. The molecule has 0 spiro atoms. The Kier molecular flexibility index (Phi) is 6.07. The van der Waals surface area contributed by atoms with Gasteiger partial charge in [0.05, 0.1) is 12.2 Å². The van der Waals surface area contributed by atoms with E-state index < -0.39 is 0 Å². The van der Waals surface area contributed by atoms with Crippen LogP contribution in [0, 0.1) is 6.92 Å². The first-order valence-electron chi connectivity index (χ1n) is 11.1. The topological polar surface area (TPSA) is 73.4 Å². The monoisotopic (exact) mass is 451 g/mol. The largest absolute Gasteiger partial charge is 0.487 e. The quantitative estimate of drug-likeness (QED) is 0.380. The standard InChI is InChI=1S/C27H25N5O2/c1-20-7-12-26-30-24(18-31(26)16-20)19-34-25-10-8-21(9-11-25)27(33)28-15-22-5-2-3-6-23(22)17-32-14-4-13-29-32/h2-14,16,18H,15,17,19H2,1H3,(H,28,33). The fourth-order valence-corrected chi connectivity index (χ4v) is 3.82. The number of carbonyl (C=O) groups is 1. The molecule has 1 N–H and O–H groups in total. The predicted molar refractivity (Wildman–Crippen MR) is 130 cm³/mol. The summed E-state index contributed by atoms with van der Waals surface area (Å²) in [6.07, 6.45) is 7.69. The van der Waals surface area contributed by atoms with Gasteiger partial charge in [-0.15, -0.1) is 0 Å². The number of nitrogens with one attached hydrogen (secondary N) is 1. The van der Waals surface area contributed by atoms with Crippen LogP contribution in [0.5, 0.6) is 5.75 Å². The molecule has 7 heteroatoms. The van der Waals surface area contributed by atoms with Crippen LogP contribution in [0.15, 0.2) is 91.5 Å². The average molecular weight is 452 g/mol. The minimum absolute atomic E-state index is 0.129. The number of carbonyl (C=O) groups excluding carboxylic acids is 1. The molecular weight excluding hydrogens is 426 g/mol. The lowest BCUT2D eigenvalue weighted by molar-refractivity contribution is 0.0951. The summed E-state index contributed by atoms with van der Waals surface area (Å²) in [6, 6.07) is 21.1. The molecule has 0 saturated heterocycles. The fraction of sp³-hybridized carbons (Fsp3) is 0.148. The third-order valence-corrected chi connectivity index (χ3v) is 5.60. The van der Waals surface area contributed by atoms with Gasteiger partial charge >= 0.3 is 0 Å². The minimum atomic E-state index is -0.129. The highest BCUT2D eigenvalue weighted by molar-refractivity contribution is 5.94. The third kappa shape index (κ3) is 4.99. The van der Waals surface area contributed by atoms with Crippen LogP contribution in [0.3, 0.4) is 0 Å². The maximum absolute atomic E-state index is 12.7. The van der Waals surface area contributed by atoms with Gasteiger partial charge in [-0.1, -0.05) is 30.3 Å². The molecule has 34 heavy (non-hydrogen) atoms. The summed E-state index contributed by atoms with van der Waals surface area (Å²) in [7, 11) is 0. The number of imidazole rings is 1. The smallest absolute Gasteiger partial charge is 0.251 e. The maximum atomic E-state index is 12.7. The van der Waals surface area contributed by atoms with E-state index in [1.807, 2.05) is 71.0 Å². The van der Waals surface area contributed by atoms with E-state index >= 15 is 0 Å². The molecule has 3 aromatic heterocycles. The second-order valence-electron chi connectivity index (χ2n) is 8.17. The van der Waals surface area contributed by atoms with E-state index in [9.17, 15) is 4.79 Å². The van der Waals surface area contributed by atoms with Crippen LogP contribution in [0.25, 0.3) is 5.65 Å². The van der Waals surface area contributed by atoms with Crippen LogP contribution in [0.2, 0.25) is 0 Å². The summed E-state index contributed by atoms with van der Waals surface area (Å²) in [5.74, 6) is 0.561. The van der Waals surface area contributed by atoms with E-state index in [0.717, 1.165) is 22.5 Å². The van der Waals surface area contributed by atoms with Crippen molar-refractivity contribution in [1.29, 1.82) is 0 Å². The number of aryl methyl sites for hydroxylation is 1. The van der Waals surface area contributed by atoms with E-state index in [0.29, 0.717) is 31.0 Å². The molecular formula is C27H25N5O2. The van der Waals surface area contributed by atoms with E-state index in [4.69, 9.17) is 4.74 Å². The van der Waals surface area contributed by atoms with Gasteiger partial charge in [0, 0.05) is 36.9 Å². The molecule has 0 radical (unpaired) electrons. The summed E-state index contributed by atoms with van der Waals surface area (Å²) >= 11 is 0. The van der Waals surface area contributed by atoms with Gasteiger partial charge in [0.25, 0.3) is 5.91 Å². The van der Waals surface area contributed by atoms with Crippen molar-refractivity contribution in [2.75, 3.05) is 0 Å². The second kappa shape index (κ2) is 9.62. The number of ether oxygens (including phenoxy) is 1. The zero-order chi connectivity index (χ0) is 23.3. The number of benzene rings is 2. The van der Waals surface area contributed by atoms with Crippen molar-refractivity contribution >= 4 is 11.6 Å². The normalized spacial score (nSPS) is 11.0. The number of rotatable bonds is 8. The molecule has 0 aliphatic heterocycles. The van der Waals surface area contributed by atoms with Crippen molar-refractivity contribution in [3.8, 4) is 5.75 Å². The molecule has 170 valence electrons. The first-order chi connectivity index (χ1) is 16.6.